The zero-order valence-electron chi connectivity index (χ0n) is 16.5. The lowest BCUT2D eigenvalue weighted by Gasteiger charge is -2.11. The summed E-state index contributed by atoms with van der Waals surface area (Å²) in [5.41, 5.74) is 1.95. The van der Waals surface area contributed by atoms with E-state index in [1.165, 1.54) is 0 Å². The SMILES string of the molecule is COc1cc2cc(C(=O)Nc3ccc(OCCN(C)C)cc3)[nH]c2cc1OC. The predicted molar refractivity (Wildman–Crippen MR) is 110 cm³/mol. The van der Waals surface area contributed by atoms with E-state index in [1.807, 2.05) is 50.5 Å². The molecule has 0 saturated heterocycles. The number of hydrogen-bond acceptors (Lipinski definition) is 5. The minimum atomic E-state index is -0.226. The maximum atomic E-state index is 12.6. The molecule has 1 aromatic heterocycles. The van der Waals surface area contributed by atoms with Gasteiger partial charge in [-0.15, -0.1) is 0 Å². The van der Waals surface area contributed by atoms with E-state index in [9.17, 15) is 4.79 Å². The van der Waals surface area contributed by atoms with Crippen LogP contribution in [-0.2, 0) is 0 Å². The number of carbonyl (C=O) groups excluding carboxylic acids is 1. The number of hydrogen-bond donors (Lipinski definition) is 2. The number of amides is 1. The lowest BCUT2D eigenvalue weighted by atomic mass is 10.2. The second kappa shape index (κ2) is 8.67. The fourth-order valence-corrected chi connectivity index (χ4v) is 2.76. The molecule has 0 radical (unpaired) electrons. The molecule has 7 heteroatoms. The van der Waals surface area contributed by atoms with Crippen molar-refractivity contribution < 1.29 is 19.0 Å². The van der Waals surface area contributed by atoms with E-state index in [0.29, 0.717) is 29.5 Å². The minimum Gasteiger partial charge on any atom is -0.493 e. The monoisotopic (exact) mass is 383 g/mol. The molecule has 0 aliphatic rings. The number of likely N-dealkylation sites (N-methyl/N-ethyl adjacent to an activating group) is 1. The Hall–Kier alpha value is -3.19. The molecule has 0 fully saturated rings. The van der Waals surface area contributed by atoms with Crippen molar-refractivity contribution >= 4 is 22.5 Å². The summed E-state index contributed by atoms with van der Waals surface area (Å²) in [5.74, 6) is 1.76. The quantitative estimate of drug-likeness (QED) is 0.624. The van der Waals surface area contributed by atoms with Crippen molar-refractivity contribution in [2.75, 3.05) is 46.8 Å². The molecule has 3 aromatic rings. The van der Waals surface area contributed by atoms with Gasteiger partial charge in [-0.3, -0.25) is 4.79 Å². The van der Waals surface area contributed by atoms with Gasteiger partial charge in [0.25, 0.3) is 5.91 Å². The first-order chi connectivity index (χ1) is 13.5. The number of methoxy groups -OCH3 is 2. The van der Waals surface area contributed by atoms with Gasteiger partial charge >= 0.3 is 0 Å². The number of fused-ring (bicyclic) bond motifs is 1. The number of aromatic nitrogens is 1. The molecule has 0 spiro atoms. The van der Waals surface area contributed by atoms with Crippen LogP contribution in [0, 0.1) is 0 Å². The molecule has 0 saturated carbocycles. The number of nitrogens with zero attached hydrogens (tertiary/aromatic N) is 1. The Morgan fingerprint density at radius 3 is 2.36 bits per heavy atom. The van der Waals surface area contributed by atoms with Crippen LogP contribution in [-0.4, -0.2) is 57.3 Å². The molecule has 3 rings (SSSR count). The molecule has 28 heavy (non-hydrogen) atoms. The number of benzene rings is 2. The molecule has 0 aliphatic heterocycles. The molecule has 148 valence electrons. The minimum absolute atomic E-state index is 0.226. The van der Waals surface area contributed by atoms with Crippen molar-refractivity contribution in [1.82, 2.24) is 9.88 Å². The highest BCUT2D eigenvalue weighted by Gasteiger charge is 2.13. The van der Waals surface area contributed by atoms with E-state index in [0.717, 1.165) is 23.2 Å². The average molecular weight is 383 g/mol. The molecule has 0 unspecified atom stereocenters. The standard InChI is InChI=1S/C21H25N3O4/c1-24(2)9-10-28-16-7-5-15(6-8-16)22-21(25)18-11-14-12-19(26-3)20(27-4)13-17(14)23-18/h5-8,11-13,23H,9-10H2,1-4H3,(H,22,25). The van der Waals surface area contributed by atoms with Crippen LogP contribution in [0.2, 0.25) is 0 Å². The lowest BCUT2D eigenvalue weighted by Crippen LogP contribution is -2.19. The highest BCUT2D eigenvalue weighted by Crippen LogP contribution is 2.32. The van der Waals surface area contributed by atoms with Crippen LogP contribution in [0.5, 0.6) is 17.2 Å². The van der Waals surface area contributed by atoms with Gasteiger partial charge in [0.05, 0.1) is 14.2 Å². The Morgan fingerprint density at radius 2 is 1.71 bits per heavy atom. The molecule has 0 atom stereocenters. The Morgan fingerprint density at radius 1 is 1.04 bits per heavy atom. The summed E-state index contributed by atoms with van der Waals surface area (Å²) in [6, 6.07) is 12.7. The third kappa shape index (κ3) is 4.55. The number of anilines is 1. The van der Waals surface area contributed by atoms with Crippen LogP contribution in [0.1, 0.15) is 10.5 Å². The second-order valence-corrected chi connectivity index (χ2v) is 6.61. The first-order valence-corrected chi connectivity index (χ1v) is 8.94. The smallest absolute Gasteiger partial charge is 0.272 e. The molecule has 7 nitrogen and oxygen atoms in total. The van der Waals surface area contributed by atoms with Gasteiger partial charge in [0.15, 0.2) is 11.5 Å². The van der Waals surface area contributed by atoms with Crippen molar-refractivity contribution in [3.8, 4) is 17.2 Å². The van der Waals surface area contributed by atoms with Crippen molar-refractivity contribution in [1.29, 1.82) is 0 Å². The third-order valence-corrected chi connectivity index (χ3v) is 4.29. The fraction of sp³-hybridized carbons (Fsp3) is 0.286. The number of H-pyrrole nitrogens is 1. The largest absolute Gasteiger partial charge is 0.493 e. The van der Waals surface area contributed by atoms with E-state index in [1.54, 1.807) is 20.3 Å². The number of ether oxygens (including phenoxy) is 3. The lowest BCUT2D eigenvalue weighted by molar-refractivity contribution is 0.102. The summed E-state index contributed by atoms with van der Waals surface area (Å²) in [6.07, 6.45) is 0. The van der Waals surface area contributed by atoms with E-state index in [2.05, 4.69) is 15.2 Å². The molecule has 1 amide bonds. The van der Waals surface area contributed by atoms with Crippen molar-refractivity contribution in [3.63, 3.8) is 0 Å². The molecule has 2 aromatic carbocycles. The van der Waals surface area contributed by atoms with Gasteiger partial charge in [0, 0.05) is 29.2 Å². The molecule has 0 bridgehead atoms. The van der Waals surface area contributed by atoms with Crippen LogP contribution < -0.4 is 19.5 Å². The molecule has 2 N–H and O–H groups in total. The Labute approximate surface area is 164 Å². The zero-order chi connectivity index (χ0) is 20.1. The second-order valence-electron chi connectivity index (χ2n) is 6.61. The summed E-state index contributed by atoms with van der Waals surface area (Å²) in [5, 5.41) is 3.75. The first-order valence-electron chi connectivity index (χ1n) is 8.94. The summed E-state index contributed by atoms with van der Waals surface area (Å²) >= 11 is 0. The maximum absolute atomic E-state index is 12.6. The Kier molecular flexibility index (Phi) is 6.06. The van der Waals surface area contributed by atoms with Crippen LogP contribution in [0.25, 0.3) is 10.9 Å². The fourth-order valence-electron chi connectivity index (χ4n) is 2.76. The number of nitrogens with one attached hydrogen (secondary N) is 2. The van der Waals surface area contributed by atoms with Gasteiger partial charge < -0.3 is 29.4 Å². The van der Waals surface area contributed by atoms with Gasteiger partial charge in [-0.25, -0.2) is 0 Å². The van der Waals surface area contributed by atoms with E-state index in [4.69, 9.17) is 14.2 Å². The van der Waals surface area contributed by atoms with Crippen molar-refractivity contribution in [2.45, 2.75) is 0 Å². The molecule has 1 heterocycles. The van der Waals surface area contributed by atoms with Crippen molar-refractivity contribution in [2.24, 2.45) is 0 Å². The Balaban J connectivity index is 1.69. The van der Waals surface area contributed by atoms with Crippen LogP contribution in [0.4, 0.5) is 5.69 Å². The zero-order valence-corrected chi connectivity index (χ0v) is 16.5. The number of aromatic amines is 1. The third-order valence-electron chi connectivity index (χ3n) is 4.29. The van der Waals surface area contributed by atoms with Gasteiger partial charge in [0.1, 0.15) is 18.1 Å². The predicted octanol–water partition coefficient (Wildman–Crippen LogP) is 3.38. The number of rotatable bonds is 8. The van der Waals surface area contributed by atoms with E-state index in [-0.39, 0.29) is 5.91 Å². The average Bonchev–Trinajstić information content (AvgIpc) is 3.11. The van der Waals surface area contributed by atoms with Gasteiger partial charge in [-0.2, -0.15) is 0 Å². The summed E-state index contributed by atoms with van der Waals surface area (Å²) in [6.45, 7) is 1.45. The normalized spacial score (nSPS) is 10.9. The first kappa shape index (κ1) is 19.6. The number of carbonyl (C=O) groups is 1. The van der Waals surface area contributed by atoms with E-state index < -0.39 is 0 Å². The van der Waals surface area contributed by atoms with Crippen LogP contribution in [0.15, 0.2) is 42.5 Å². The maximum Gasteiger partial charge on any atom is 0.272 e. The summed E-state index contributed by atoms with van der Waals surface area (Å²) < 4.78 is 16.3. The molecule has 0 aliphatic carbocycles. The Bertz CT molecular complexity index is 907. The molecular weight excluding hydrogens is 358 g/mol. The highest BCUT2D eigenvalue weighted by atomic mass is 16.5. The molecular formula is C21H25N3O4. The van der Waals surface area contributed by atoms with Crippen LogP contribution >= 0.6 is 0 Å². The van der Waals surface area contributed by atoms with Crippen LogP contribution in [0.3, 0.4) is 0 Å². The van der Waals surface area contributed by atoms with Gasteiger partial charge in [-0.1, -0.05) is 0 Å². The topological polar surface area (TPSA) is 75.8 Å². The highest BCUT2D eigenvalue weighted by molar-refractivity contribution is 6.06. The van der Waals surface area contributed by atoms with Gasteiger partial charge in [-0.05, 0) is 50.5 Å². The summed E-state index contributed by atoms with van der Waals surface area (Å²) in [7, 11) is 7.16. The van der Waals surface area contributed by atoms with E-state index >= 15 is 0 Å². The summed E-state index contributed by atoms with van der Waals surface area (Å²) in [4.78, 5) is 17.8. The van der Waals surface area contributed by atoms with Gasteiger partial charge in [0.2, 0.25) is 0 Å². The van der Waals surface area contributed by atoms with Crippen molar-refractivity contribution in [3.05, 3.63) is 48.2 Å².